The molecule has 0 aliphatic heterocycles. The van der Waals surface area contributed by atoms with Crippen molar-refractivity contribution < 1.29 is 19.1 Å². The summed E-state index contributed by atoms with van der Waals surface area (Å²) in [6.45, 7) is 0.409. The second kappa shape index (κ2) is 9.11. The number of methoxy groups -OCH3 is 2. The molecule has 2 fully saturated rings. The first-order valence-electron chi connectivity index (χ1n) is 9.91. The third-order valence-corrected chi connectivity index (χ3v) is 5.58. The van der Waals surface area contributed by atoms with Crippen LogP contribution in [0.4, 0.5) is 0 Å². The van der Waals surface area contributed by atoms with Crippen LogP contribution in [0.5, 0.6) is 11.5 Å². The Kier molecular flexibility index (Phi) is 6.58. The van der Waals surface area contributed by atoms with Gasteiger partial charge in [0.25, 0.3) is 0 Å². The largest absolute Gasteiger partial charge is 0.493 e. The second-order valence-electron chi connectivity index (χ2n) is 7.55. The number of hydrogen-bond acceptors (Lipinski definition) is 4. The van der Waals surface area contributed by atoms with Crippen molar-refractivity contribution in [3.05, 3.63) is 23.8 Å². The number of hydrogen-bond donors (Lipinski definition) is 2. The number of carbonyl (C=O) groups is 2. The number of benzene rings is 1. The summed E-state index contributed by atoms with van der Waals surface area (Å²) in [5.74, 6) is 0.926. The maximum absolute atomic E-state index is 12.4. The summed E-state index contributed by atoms with van der Waals surface area (Å²) in [5, 5.41) is 6.09. The first kappa shape index (κ1) is 19.5. The van der Waals surface area contributed by atoms with E-state index < -0.39 is 0 Å². The molecule has 2 N–H and O–H groups in total. The van der Waals surface area contributed by atoms with Crippen LogP contribution in [-0.2, 0) is 16.1 Å². The number of amides is 2. The van der Waals surface area contributed by atoms with Crippen molar-refractivity contribution >= 4 is 11.8 Å². The number of rotatable bonds is 7. The van der Waals surface area contributed by atoms with Crippen molar-refractivity contribution in [3.8, 4) is 11.5 Å². The van der Waals surface area contributed by atoms with Gasteiger partial charge in [-0.1, -0.05) is 31.7 Å². The lowest BCUT2D eigenvalue weighted by atomic mass is 10.1. The van der Waals surface area contributed by atoms with Gasteiger partial charge in [-0.25, -0.2) is 0 Å². The van der Waals surface area contributed by atoms with Crippen molar-refractivity contribution in [2.75, 3.05) is 14.2 Å². The molecule has 6 nitrogen and oxygen atoms in total. The molecule has 6 heteroatoms. The standard InChI is InChI=1S/C21H30N2O4/c1-26-18-10-9-14(11-19(18)27-2)13-22-20(24)16-12-17(16)21(25)23-15-7-5-3-4-6-8-15/h9-11,15-17H,3-8,12-13H2,1-2H3,(H,22,24)(H,23,25). The fourth-order valence-corrected chi connectivity index (χ4v) is 3.82. The molecular weight excluding hydrogens is 344 g/mol. The van der Waals surface area contributed by atoms with Crippen molar-refractivity contribution in [2.45, 2.75) is 57.5 Å². The Morgan fingerprint density at radius 3 is 2.30 bits per heavy atom. The van der Waals surface area contributed by atoms with Crippen molar-refractivity contribution in [2.24, 2.45) is 11.8 Å². The van der Waals surface area contributed by atoms with Gasteiger partial charge < -0.3 is 20.1 Å². The normalized spacial score (nSPS) is 22.4. The van der Waals surface area contributed by atoms with E-state index in [0.717, 1.165) is 18.4 Å². The average molecular weight is 374 g/mol. The van der Waals surface area contributed by atoms with E-state index in [1.807, 2.05) is 18.2 Å². The molecule has 2 amide bonds. The minimum Gasteiger partial charge on any atom is -0.493 e. The van der Waals surface area contributed by atoms with Gasteiger partial charge in [0.1, 0.15) is 0 Å². The molecule has 0 heterocycles. The minimum absolute atomic E-state index is 0.0492. The number of carbonyl (C=O) groups excluding carboxylic acids is 2. The molecule has 0 radical (unpaired) electrons. The van der Waals surface area contributed by atoms with Gasteiger partial charge in [-0.2, -0.15) is 0 Å². The first-order valence-corrected chi connectivity index (χ1v) is 9.91. The summed E-state index contributed by atoms with van der Waals surface area (Å²) in [4.78, 5) is 24.8. The lowest BCUT2D eigenvalue weighted by Gasteiger charge is -2.16. The van der Waals surface area contributed by atoms with Crippen LogP contribution in [0.25, 0.3) is 0 Å². The highest BCUT2D eigenvalue weighted by Gasteiger charge is 2.48. The van der Waals surface area contributed by atoms with Crippen LogP contribution in [0.1, 0.15) is 50.5 Å². The average Bonchev–Trinajstić information content (AvgIpc) is 3.50. The maximum Gasteiger partial charge on any atom is 0.224 e. The molecule has 148 valence electrons. The molecule has 2 unspecified atom stereocenters. The van der Waals surface area contributed by atoms with Crippen molar-refractivity contribution in [3.63, 3.8) is 0 Å². The molecule has 2 aliphatic carbocycles. The number of ether oxygens (including phenoxy) is 2. The Hall–Kier alpha value is -2.24. The van der Waals surface area contributed by atoms with E-state index in [0.29, 0.717) is 24.5 Å². The van der Waals surface area contributed by atoms with E-state index in [2.05, 4.69) is 10.6 Å². The molecule has 0 spiro atoms. The molecule has 0 saturated heterocycles. The molecule has 1 aromatic carbocycles. The molecule has 0 bridgehead atoms. The van der Waals surface area contributed by atoms with E-state index >= 15 is 0 Å². The zero-order valence-corrected chi connectivity index (χ0v) is 16.3. The lowest BCUT2D eigenvalue weighted by molar-refractivity contribution is -0.127. The van der Waals surface area contributed by atoms with E-state index in [4.69, 9.17) is 9.47 Å². The summed E-state index contributed by atoms with van der Waals surface area (Å²) in [5.41, 5.74) is 0.932. The minimum atomic E-state index is -0.198. The van der Waals surface area contributed by atoms with Gasteiger partial charge in [-0.05, 0) is 37.0 Å². The fraction of sp³-hybridized carbons (Fsp3) is 0.619. The van der Waals surface area contributed by atoms with Crippen LogP contribution < -0.4 is 20.1 Å². The van der Waals surface area contributed by atoms with E-state index in [1.165, 1.54) is 25.7 Å². The second-order valence-corrected chi connectivity index (χ2v) is 7.55. The van der Waals surface area contributed by atoms with Crippen LogP contribution in [-0.4, -0.2) is 32.1 Å². The van der Waals surface area contributed by atoms with Gasteiger partial charge in [0.2, 0.25) is 11.8 Å². The van der Waals surface area contributed by atoms with Crippen molar-refractivity contribution in [1.29, 1.82) is 0 Å². The first-order chi connectivity index (χ1) is 13.1. The van der Waals surface area contributed by atoms with Crippen molar-refractivity contribution in [1.82, 2.24) is 10.6 Å². The van der Waals surface area contributed by atoms with Crippen LogP contribution >= 0.6 is 0 Å². The lowest BCUT2D eigenvalue weighted by Crippen LogP contribution is -2.36. The van der Waals surface area contributed by atoms with Gasteiger partial charge in [-0.15, -0.1) is 0 Å². The van der Waals surface area contributed by atoms with E-state index in [-0.39, 0.29) is 29.7 Å². The smallest absolute Gasteiger partial charge is 0.224 e. The highest BCUT2D eigenvalue weighted by Crippen LogP contribution is 2.39. The highest BCUT2D eigenvalue weighted by atomic mass is 16.5. The van der Waals surface area contributed by atoms with E-state index in [1.54, 1.807) is 14.2 Å². The Morgan fingerprint density at radius 2 is 1.63 bits per heavy atom. The molecule has 0 aromatic heterocycles. The third-order valence-electron chi connectivity index (χ3n) is 5.58. The van der Waals surface area contributed by atoms with E-state index in [9.17, 15) is 9.59 Å². The molecule has 27 heavy (non-hydrogen) atoms. The quantitative estimate of drug-likeness (QED) is 0.720. The zero-order valence-electron chi connectivity index (χ0n) is 16.3. The predicted molar refractivity (Wildman–Crippen MR) is 103 cm³/mol. The Morgan fingerprint density at radius 1 is 0.963 bits per heavy atom. The topological polar surface area (TPSA) is 76.7 Å². The van der Waals surface area contributed by atoms with Gasteiger partial charge in [0, 0.05) is 12.6 Å². The van der Waals surface area contributed by atoms with Gasteiger partial charge in [0.05, 0.1) is 26.1 Å². The monoisotopic (exact) mass is 374 g/mol. The summed E-state index contributed by atoms with van der Waals surface area (Å²) >= 11 is 0. The molecular formula is C21H30N2O4. The molecule has 3 rings (SSSR count). The highest BCUT2D eigenvalue weighted by molar-refractivity contribution is 5.92. The molecule has 2 aliphatic rings. The third kappa shape index (κ3) is 5.15. The molecule has 1 aromatic rings. The van der Waals surface area contributed by atoms with Gasteiger partial charge in [0.15, 0.2) is 11.5 Å². The van der Waals surface area contributed by atoms with Crippen LogP contribution in [0.15, 0.2) is 18.2 Å². The van der Waals surface area contributed by atoms with Crippen LogP contribution in [0, 0.1) is 11.8 Å². The molecule has 2 saturated carbocycles. The Balaban J connectivity index is 1.45. The zero-order chi connectivity index (χ0) is 19.2. The maximum atomic E-state index is 12.4. The van der Waals surface area contributed by atoms with Crippen LogP contribution in [0.2, 0.25) is 0 Å². The summed E-state index contributed by atoms with van der Waals surface area (Å²) in [6, 6.07) is 5.85. The number of nitrogens with one attached hydrogen (secondary N) is 2. The Labute approximate surface area is 161 Å². The fourth-order valence-electron chi connectivity index (χ4n) is 3.82. The Bertz CT molecular complexity index is 668. The summed E-state index contributed by atoms with van der Waals surface area (Å²) in [6.07, 6.45) is 7.67. The predicted octanol–water partition coefficient (Wildman–Crippen LogP) is 2.80. The summed E-state index contributed by atoms with van der Waals surface area (Å²) < 4.78 is 10.5. The SMILES string of the molecule is COc1ccc(CNC(=O)C2CC2C(=O)NC2CCCCCC2)cc1OC. The molecule has 2 atom stereocenters. The van der Waals surface area contributed by atoms with Gasteiger partial charge >= 0.3 is 0 Å². The van der Waals surface area contributed by atoms with Crippen LogP contribution in [0.3, 0.4) is 0 Å². The van der Waals surface area contributed by atoms with Gasteiger partial charge in [-0.3, -0.25) is 9.59 Å². The summed E-state index contributed by atoms with van der Waals surface area (Å²) in [7, 11) is 3.18.